The summed E-state index contributed by atoms with van der Waals surface area (Å²) < 4.78 is 0. The number of nitrogens with two attached hydrogens (primary N) is 1. The van der Waals surface area contributed by atoms with Crippen molar-refractivity contribution in [3.05, 3.63) is 65.7 Å². The molecule has 0 saturated heterocycles. The van der Waals surface area contributed by atoms with Crippen LogP contribution in [0.2, 0.25) is 0 Å². The van der Waals surface area contributed by atoms with Crippen LogP contribution in [0.4, 0.5) is 0 Å². The minimum atomic E-state index is -1.28. The van der Waals surface area contributed by atoms with E-state index in [1.54, 1.807) is 36.4 Å². The van der Waals surface area contributed by atoms with Gasteiger partial charge >= 0.3 is 5.97 Å². The zero-order valence-corrected chi connectivity index (χ0v) is 22.7. The summed E-state index contributed by atoms with van der Waals surface area (Å²) in [5.41, 5.74) is 7.09. The van der Waals surface area contributed by atoms with Crippen LogP contribution in [0.1, 0.15) is 17.5 Å². The third kappa shape index (κ3) is 10.3. The molecule has 0 radical (unpaired) electrons. The second-order valence-corrected chi connectivity index (χ2v) is 10.0. The van der Waals surface area contributed by atoms with E-state index in [1.807, 2.05) is 12.3 Å². The molecule has 3 amide bonds. The molecular formula is C26H34N4O6S2. The first-order valence-corrected chi connectivity index (χ1v) is 14.0. The van der Waals surface area contributed by atoms with Crippen molar-refractivity contribution in [2.24, 2.45) is 5.73 Å². The summed E-state index contributed by atoms with van der Waals surface area (Å²) in [6.07, 6.45) is 2.24. The highest BCUT2D eigenvalue weighted by Crippen LogP contribution is 2.12. The molecule has 206 valence electrons. The number of amides is 3. The molecule has 2 aromatic carbocycles. The highest BCUT2D eigenvalue weighted by Gasteiger charge is 2.30. The van der Waals surface area contributed by atoms with Crippen LogP contribution in [0.25, 0.3) is 0 Å². The Morgan fingerprint density at radius 2 is 1.37 bits per heavy atom. The number of aliphatic carboxylic acids is 1. The van der Waals surface area contributed by atoms with Crippen molar-refractivity contribution in [2.45, 2.75) is 43.4 Å². The van der Waals surface area contributed by atoms with Crippen LogP contribution < -0.4 is 21.7 Å². The minimum Gasteiger partial charge on any atom is -0.508 e. The number of benzene rings is 2. The van der Waals surface area contributed by atoms with Crippen LogP contribution in [0.5, 0.6) is 5.75 Å². The smallest absolute Gasteiger partial charge is 0.326 e. The quantitative estimate of drug-likeness (QED) is 0.156. The fraction of sp³-hybridized carbons (Fsp3) is 0.385. The summed E-state index contributed by atoms with van der Waals surface area (Å²) >= 11 is 5.51. The van der Waals surface area contributed by atoms with Crippen molar-refractivity contribution in [1.29, 1.82) is 0 Å². The van der Waals surface area contributed by atoms with Crippen molar-refractivity contribution in [3.63, 3.8) is 0 Å². The number of carbonyl (C=O) groups excluding carboxylic acids is 3. The fourth-order valence-corrected chi connectivity index (χ4v) is 4.17. The summed E-state index contributed by atoms with van der Waals surface area (Å²) in [6, 6.07) is 10.7. The maximum absolute atomic E-state index is 13.3. The molecule has 0 aliphatic carbocycles. The van der Waals surface area contributed by atoms with Crippen molar-refractivity contribution < 1.29 is 29.4 Å². The molecule has 2 rings (SSSR count). The first kappa shape index (κ1) is 31.0. The van der Waals surface area contributed by atoms with Gasteiger partial charge in [-0.1, -0.05) is 42.5 Å². The second kappa shape index (κ2) is 15.9. The normalized spacial score (nSPS) is 14.0. The van der Waals surface area contributed by atoms with E-state index in [0.717, 1.165) is 5.56 Å². The molecule has 0 heterocycles. The highest BCUT2D eigenvalue weighted by molar-refractivity contribution is 7.98. The number of aromatic hydroxyl groups is 1. The van der Waals surface area contributed by atoms with Gasteiger partial charge in [-0.2, -0.15) is 24.4 Å². The average Bonchev–Trinajstić information content (AvgIpc) is 2.91. The number of thiol groups is 1. The molecule has 2 aromatic rings. The van der Waals surface area contributed by atoms with E-state index in [1.165, 1.54) is 23.9 Å². The van der Waals surface area contributed by atoms with Gasteiger partial charge in [0.05, 0.1) is 6.04 Å². The number of carboxylic acid groups (broad SMARTS) is 1. The number of nitrogens with one attached hydrogen (secondary N) is 3. The first-order chi connectivity index (χ1) is 18.1. The molecule has 4 atom stereocenters. The molecule has 0 spiro atoms. The van der Waals surface area contributed by atoms with Gasteiger partial charge in [-0.25, -0.2) is 4.79 Å². The fourth-order valence-electron chi connectivity index (χ4n) is 3.54. The van der Waals surface area contributed by atoms with Gasteiger partial charge in [0.15, 0.2) is 0 Å². The van der Waals surface area contributed by atoms with Crippen molar-refractivity contribution in [1.82, 2.24) is 16.0 Å². The lowest BCUT2D eigenvalue weighted by Crippen LogP contribution is -2.58. The van der Waals surface area contributed by atoms with E-state index < -0.39 is 47.9 Å². The number of carboxylic acids is 1. The molecule has 0 saturated carbocycles. The van der Waals surface area contributed by atoms with Gasteiger partial charge < -0.3 is 31.9 Å². The first-order valence-electron chi connectivity index (χ1n) is 12.0. The van der Waals surface area contributed by atoms with Gasteiger partial charge in [-0.15, -0.1) is 0 Å². The zero-order chi connectivity index (χ0) is 28.1. The topological polar surface area (TPSA) is 171 Å². The Labute approximate surface area is 231 Å². The van der Waals surface area contributed by atoms with E-state index in [-0.39, 0.29) is 24.3 Å². The highest BCUT2D eigenvalue weighted by atomic mass is 32.2. The summed E-state index contributed by atoms with van der Waals surface area (Å²) in [5, 5.41) is 27.0. The number of rotatable bonds is 15. The van der Waals surface area contributed by atoms with E-state index in [2.05, 4.69) is 28.6 Å². The number of thioether (sulfide) groups is 1. The van der Waals surface area contributed by atoms with E-state index in [9.17, 15) is 29.4 Å². The van der Waals surface area contributed by atoms with E-state index in [4.69, 9.17) is 5.73 Å². The molecule has 7 N–H and O–H groups in total. The summed E-state index contributed by atoms with van der Waals surface area (Å²) in [5.74, 6) is -2.35. The Hall–Kier alpha value is -3.22. The molecule has 0 fully saturated rings. The lowest BCUT2D eigenvalue weighted by Gasteiger charge is -2.25. The van der Waals surface area contributed by atoms with Crippen LogP contribution in [0.3, 0.4) is 0 Å². The summed E-state index contributed by atoms with van der Waals surface area (Å²) in [6.45, 7) is 0. The molecule has 38 heavy (non-hydrogen) atoms. The van der Waals surface area contributed by atoms with Crippen LogP contribution in [-0.4, -0.2) is 75.8 Å². The molecule has 0 aliphatic heterocycles. The number of hydrogen-bond acceptors (Lipinski definition) is 8. The van der Waals surface area contributed by atoms with Gasteiger partial charge in [0.1, 0.15) is 23.9 Å². The maximum Gasteiger partial charge on any atom is 0.326 e. The number of carbonyl (C=O) groups is 4. The van der Waals surface area contributed by atoms with Crippen LogP contribution in [0.15, 0.2) is 54.6 Å². The Bertz CT molecular complexity index is 1070. The van der Waals surface area contributed by atoms with Crippen molar-refractivity contribution in [2.75, 3.05) is 17.8 Å². The second-order valence-electron chi connectivity index (χ2n) is 8.65. The van der Waals surface area contributed by atoms with Gasteiger partial charge in [0.2, 0.25) is 17.7 Å². The summed E-state index contributed by atoms with van der Waals surface area (Å²) in [4.78, 5) is 50.8. The van der Waals surface area contributed by atoms with Crippen LogP contribution >= 0.6 is 24.4 Å². The molecule has 0 bridgehead atoms. The molecule has 12 heteroatoms. The number of phenols is 1. The van der Waals surface area contributed by atoms with Crippen molar-refractivity contribution in [3.8, 4) is 5.75 Å². The lowest BCUT2D eigenvalue weighted by molar-refractivity contribution is -0.142. The number of phenolic OH excluding ortho intramolecular Hbond substituents is 1. The van der Waals surface area contributed by atoms with E-state index >= 15 is 0 Å². The predicted molar refractivity (Wildman–Crippen MR) is 150 cm³/mol. The van der Waals surface area contributed by atoms with Gasteiger partial charge in [-0.3, -0.25) is 14.4 Å². The zero-order valence-electron chi connectivity index (χ0n) is 21.0. The molecule has 0 aliphatic rings. The van der Waals surface area contributed by atoms with Gasteiger partial charge in [0, 0.05) is 18.6 Å². The monoisotopic (exact) mass is 562 g/mol. The third-order valence-corrected chi connectivity index (χ3v) is 6.72. The SMILES string of the molecule is CSCCC(NC(=O)C(N)CS)C(=O)NC(Cc1ccccc1)C(=O)NC(Cc1ccc(O)cc1)C(=O)O. The Morgan fingerprint density at radius 3 is 1.95 bits per heavy atom. The minimum absolute atomic E-state index is 0.0264. The van der Waals surface area contributed by atoms with Crippen LogP contribution in [0, 0.1) is 0 Å². The van der Waals surface area contributed by atoms with Crippen LogP contribution in [-0.2, 0) is 32.0 Å². The van der Waals surface area contributed by atoms with Gasteiger partial charge in [-0.05, 0) is 41.7 Å². The number of hydrogen-bond donors (Lipinski definition) is 7. The summed E-state index contributed by atoms with van der Waals surface area (Å²) in [7, 11) is 0. The molecule has 10 nitrogen and oxygen atoms in total. The molecule has 4 unspecified atom stereocenters. The Kier molecular flexibility index (Phi) is 13.0. The van der Waals surface area contributed by atoms with Crippen molar-refractivity contribution >= 4 is 48.1 Å². The largest absolute Gasteiger partial charge is 0.508 e. The molecule has 0 aromatic heterocycles. The predicted octanol–water partition coefficient (Wildman–Crippen LogP) is 0.727. The molecular weight excluding hydrogens is 528 g/mol. The maximum atomic E-state index is 13.3. The van der Waals surface area contributed by atoms with E-state index in [0.29, 0.717) is 17.7 Å². The lowest BCUT2D eigenvalue weighted by atomic mass is 10.0. The Morgan fingerprint density at radius 1 is 0.842 bits per heavy atom. The van der Waals surface area contributed by atoms with Gasteiger partial charge in [0.25, 0.3) is 0 Å². The standard InChI is InChI=1S/C26H34N4O6S2/c1-38-12-11-20(28-23(32)19(27)15-37)24(33)29-21(13-16-5-3-2-4-6-16)25(34)30-22(26(35)36)14-17-7-9-18(31)10-8-17/h2-10,19-22,31,37H,11-15,27H2,1H3,(H,28,32)(H,29,33)(H,30,34)(H,35,36). The third-order valence-electron chi connectivity index (χ3n) is 5.68. The Balaban J connectivity index is 2.23. The average molecular weight is 563 g/mol.